The van der Waals surface area contributed by atoms with Crippen LogP contribution in [0.1, 0.15) is 10.4 Å². The Kier molecular flexibility index (Phi) is 8.87. The smallest absolute Gasteiger partial charge is 0.261 e. The van der Waals surface area contributed by atoms with Crippen molar-refractivity contribution in [2.24, 2.45) is 5.73 Å². The highest BCUT2D eigenvalue weighted by atomic mass is 32.2. The number of primary amides is 1. The van der Waals surface area contributed by atoms with Gasteiger partial charge in [0, 0.05) is 12.4 Å². The molecule has 19 heavy (non-hydrogen) atoms. The third-order valence-corrected chi connectivity index (χ3v) is 0.946. The van der Waals surface area contributed by atoms with Crippen molar-refractivity contribution in [3.8, 4) is 0 Å². The highest BCUT2D eigenvalue weighted by Crippen LogP contribution is 1.91. The zero-order valence-corrected chi connectivity index (χ0v) is 11.7. The predicted molar refractivity (Wildman–Crippen MR) is 67.7 cm³/mol. The van der Waals surface area contributed by atoms with Crippen molar-refractivity contribution in [3.63, 3.8) is 0 Å². The molecule has 1 rings (SSSR count). The number of aromatic nitrogens is 1. The second-order valence-electron chi connectivity index (χ2n) is 3.07. The number of amides is 1. The van der Waals surface area contributed by atoms with Gasteiger partial charge in [0.1, 0.15) is 0 Å². The summed E-state index contributed by atoms with van der Waals surface area (Å²) in [5.74, 6) is -0.442. The molecule has 11 heteroatoms. The first-order valence-electron chi connectivity index (χ1n) is 4.35. The van der Waals surface area contributed by atoms with Crippen LogP contribution in [0.2, 0.25) is 0 Å². The van der Waals surface area contributed by atoms with E-state index in [0.717, 1.165) is 0 Å². The average molecular weight is 314 g/mol. The Hall–Kier alpha value is -1.56. The van der Waals surface area contributed by atoms with Gasteiger partial charge in [-0.05, 0) is 12.1 Å². The van der Waals surface area contributed by atoms with E-state index in [1.54, 1.807) is 18.3 Å². The topological polar surface area (TPSA) is 165 Å². The summed E-state index contributed by atoms with van der Waals surface area (Å²) in [6.45, 7) is 0. The molecule has 0 aromatic carbocycles. The normalized spacial score (nSPS) is 10.3. The van der Waals surface area contributed by atoms with Crippen molar-refractivity contribution in [1.29, 1.82) is 0 Å². The van der Waals surface area contributed by atoms with E-state index in [9.17, 15) is 21.6 Å². The van der Waals surface area contributed by atoms with Gasteiger partial charge in [-0.2, -0.15) is 16.8 Å². The first-order valence-corrected chi connectivity index (χ1v) is 8.05. The van der Waals surface area contributed by atoms with E-state index in [1.165, 1.54) is 6.20 Å². The molecule has 0 radical (unpaired) electrons. The van der Waals surface area contributed by atoms with Gasteiger partial charge >= 0.3 is 0 Å². The van der Waals surface area contributed by atoms with E-state index in [2.05, 4.69) is 4.98 Å². The van der Waals surface area contributed by atoms with Gasteiger partial charge in [-0.1, -0.05) is 0 Å². The number of carbonyl (C=O) groups is 1. The summed E-state index contributed by atoms with van der Waals surface area (Å²) < 4.78 is 51.7. The van der Waals surface area contributed by atoms with Gasteiger partial charge in [0.05, 0.1) is 18.1 Å². The van der Waals surface area contributed by atoms with Crippen LogP contribution in [0.3, 0.4) is 0 Å². The van der Waals surface area contributed by atoms with Crippen LogP contribution >= 0.6 is 0 Å². The van der Waals surface area contributed by atoms with Crippen LogP contribution in [0, 0.1) is 0 Å². The van der Waals surface area contributed by atoms with Gasteiger partial charge in [0.15, 0.2) is 0 Å². The number of hydrogen-bond acceptors (Lipinski definition) is 6. The van der Waals surface area contributed by atoms with Crippen LogP contribution in [-0.2, 0) is 20.2 Å². The average Bonchev–Trinajstić information content (AvgIpc) is 2.13. The van der Waals surface area contributed by atoms with Gasteiger partial charge in [-0.25, -0.2) is 0 Å². The molecule has 1 aromatic heterocycles. The summed E-state index contributed by atoms with van der Waals surface area (Å²) in [4.78, 5) is 14.1. The fraction of sp³-hybridized carbons (Fsp3) is 0.250. The van der Waals surface area contributed by atoms with Crippen LogP contribution in [-0.4, -0.2) is 49.3 Å². The lowest BCUT2D eigenvalue weighted by molar-refractivity contribution is 0.1000. The molecule has 0 saturated heterocycles. The number of hydrogen-bond donors (Lipinski definition) is 3. The second kappa shape index (κ2) is 8.53. The standard InChI is InChI=1S/C6H6N2O.2CH4O3S/c7-6(9)5-2-1-3-8-4-5;2*1-5(2,3)4/h1-4H,(H2,7,9);2*1H3,(H,2,3,4). The Morgan fingerprint density at radius 1 is 1.16 bits per heavy atom. The molecule has 0 aliphatic carbocycles. The van der Waals surface area contributed by atoms with Crippen molar-refractivity contribution in [3.05, 3.63) is 30.1 Å². The van der Waals surface area contributed by atoms with E-state index in [4.69, 9.17) is 14.8 Å². The molecule has 110 valence electrons. The molecule has 9 nitrogen and oxygen atoms in total. The molecular weight excluding hydrogens is 300 g/mol. The zero-order valence-electron chi connectivity index (χ0n) is 10.1. The van der Waals surface area contributed by atoms with Crippen LogP contribution < -0.4 is 5.73 Å². The maximum absolute atomic E-state index is 10.4. The number of carbonyl (C=O) groups excluding carboxylic acids is 1. The van der Waals surface area contributed by atoms with E-state index < -0.39 is 26.1 Å². The summed E-state index contributed by atoms with van der Waals surface area (Å²) in [7, 11) is -7.33. The van der Waals surface area contributed by atoms with E-state index in [1.807, 2.05) is 0 Å². The number of nitrogens with zero attached hydrogens (tertiary/aromatic N) is 1. The molecule has 1 aromatic rings. The van der Waals surface area contributed by atoms with Crippen LogP contribution in [0.4, 0.5) is 0 Å². The van der Waals surface area contributed by atoms with Gasteiger partial charge in [0.25, 0.3) is 20.2 Å². The molecule has 1 amide bonds. The minimum Gasteiger partial charge on any atom is -0.366 e. The van der Waals surface area contributed by atoms with Gasteiger partial charge < -0.3 is 5.73 Å². The van der Waals surface area contributed by atoms with Crippen molar-refractivity contribution in [2.45, 2.75) is 0 Å². The Bertz CT molecular complexity index is 535. The van der Waals surface area contributed by atoms with Gasteiger partial charge in [0.2, 0.25) is 5.91 Å². The Morgan fingerprint density at radius 2 is 1.53 bits per heavy atom. The monoisotopic (exact) mass is 314 g/mol. The van der Waals surface area contributed by atoms with Crippen molar-refractivity contribution >= 4 is 26.1 Å². The first kappa shape index (κ1) is 19.8. The third kappa shape index (κ3) is 31.5. The molecule has 1 heterocycles. The predicted octanol–water partition coefficient (Wildman–Crippen LogP) is -0.811. The molecule has 0 saturated carbocycles. The summed E-state index contributed by atoms with van der Waals surface area (Å²) in [5.41, 5.74) is 5.38. The van der Waals surface area contributed by atoms with Crippen molar-refractivity contribution < 1.29 is 30.7 Å². The number of rotatable bonds is 1. The fourth-order valence-corrected chi connectivity index (χ4v) is 0.509. The highest BCUT2D eigenvalue weighted by molar-refractivity contribution is 7.85. The van der Waals surface area contributed by atoms with Crippen LogP contribution in [0.5, 0.6) is 0 Å². The lowest BCUT2D eigenvalue weighted by atomic mass is 10.3. The van der Waals surface area contributed by atoms with Crippen molar-refractivity contribution in [2.75, 3.05) is 12.5 Å². The lowest BCUT2D eigenvalue weighted by Gasteiger charge is -1.88. The molecule has 0 atom stereocenters. The summed E-state index contributed by atoms with van der Waals surface area (Å²) in [5, 5.41) is 0. The maximum Gasteiger partial charge on any atom is 0.261 e. The van der Waals surface area contributed by atoms with Gasteiger partial charge in [-0.15, -0.1) is 0 Å². The number of pyridine rings is 1. The maximum atomic E-state index is 10.4. The van der Waals surface area contributed by atoms with Crippen molar-refractivity contribution in [1.82, 2.24) is 4.98 Å². The lowest BCUT2D eigenvalue weighted by Crippen LogP contribution is -2.10. The van der Waals surface area contributed by atoms with Gasteiger partial charge in [-0.3, -0.25) is 18.9 Å². The SMILES string of the molecule is CS(=O)(=O)O.CS(=O)(=O)O.NC(=O)c1cccnc1. The number of nitrogens with two attached hydrogens (primary N) is 1. The Balaban J connectivity index is 0. The quantitative estimate of drug-likeness (QED) is 0.566. The molecule has 0 spiro atoms. The van der Waals surface area contributed by atoms with Crippen LogP contribution in [0.25, 0.3) is 0 Å². The minimum absolute atomic E-state index is 0.442. The molecule has 4 N–H and O–H groups in total. The molecule has 0 bridgehead atoms. The Morgan fingerprint density at radius 3 is 1.68 bits per heavy atom. The Labute approximate surface area is 111 Å². The van der Waals surface area contributed by atoms with Crippen LogP contribution in [0.15, 0.2) is 24.5 Å². The molecular formula is C8H14N2O7S2. The molecule has 0 aliphatic rings. The fourth-order valence-electron chi connectivity index (χ4n) is 0.509. The molecule has 0 aliphatic heterocycles. The van der Waals surface area contributed by atoms with E-state index in [0.29, 0.717) is 18.1 Å². The first-order chi connectivity index (χ1) is 8.30. The van der Waals surface area contributed by atoms with E-state index >= 15 is 0 Å². The second-order valence-corrected chi connectivity index (χ2v) is 6.00. The minimum atomic E-state index is -3.67. The molecule has 0 unspecified atom stereocenters. The zero-order chi connectivity index (χ0) is 15.7. The largest absolute Gasteiger partial charge is 0.366 e. The summed E-state index contributed by atoms with van der Waals surface area (Å²) in [6, 6.07) is 3.29. The van der Waals surface area contributed by atoms with E-state index in [-0.39, 0.29) is 0 Å². The summed E-state index contributed by atoms with van der Waals surface area (Å²) in [6.07, 6.45) is 4.45. The molecule has 0 fully saturated rings. The summed E-state index contributed by atoms with van der Waals surface area (Å²) >= 11 is 0. The highest BCUT2D eigenvalue weighted by Gasteiger charge is 1.94. The third-order valence-electron chi connectivity index (χ3n) is 0.946.